The van der Waals surface area contributed by atoms with Gasteiger partial charge in [0.15, 0.2) is 12.6 Å². The van der Waals surface area contributed by atoms with Crippen LogP contribution in [-0.4, -0.2) is 40.1 Å². The van der Waals surface area contributed by atoms with Crippen molar-refractivity contribution >= 4 is 12.6 Å². The first-order chi connectivity index (χ1) is 11.8. The van der Waals surface area contributed by atoms with E-state index in [1.54, 1.807) is 0 Å². The Labute approximate surface area is 145 Å². The molecule has 0 aromatic heterocycles. The Balaban J connectivity index is 1.92. The lowest BCUT2D eigenvalue weighted by atomic mass is 9.40. The summed E-state index contributed by atoms with van der Waals surface area (Å²) in [5.41, 5.74) is -0.854. The number of carbonyl (C=O) groups excluding carboxylic acids is 2. The molecule has 1 aromatic rings. The average Bonchev–Trinajstić information content (AvgIpc) is 2.60. The summed E-state index contributed by atoms with van der Waals surface area (Å²) in [5, 5.41) is 30.8. The van der Waals surface area contributed by atoms with Crippen LogP contribution in [-0.2, 0) is 6.42 Å². The van der Waals surface area contributed by atoms with Crippen LogP contribution >= 0.6 is 0 Å². The molecule has 1 aliphatic heterocycles. The van der Waals surface area contributed by atoms with Gasteiger partial charge in [-0.1, -0.05) is 13.8 Å². The molecule has 2 bridgehead atoms. The number of carbonyl (C=O) groups is 2. The molecule has 3 fully saturated rings. The molecule has 3 aliphatic carbocycles. The van der Waals surface area contributed by atoms with Crippen LogP contribution in [0.15, 0.2) is 0 Å². The van der Waals surface area contributed by atoms with E-state index in [9.17, 15) is 24.9 Å². The second-order valence-electron chi connectivity index (χ2n) is 8.23. The molecule has 6 heteroatoms. The Kier molecular flexibility index (Phi) is 3.26. The van der Waals surface area contributed by atoms with Gasteiger partial charge in [0, 0.05) is 17.4 Å². The van der Waals surface area contributed by atoms with Crippen molar-refractivity contribution in [3.8, 4) is 17.2 Å². The number of aliphatic hydroxyl groups excluding tert-OH is 1. The SMILES string of the molecule is CC1(C)[C@H]2C[C@@H]3Cc4c(O)c(C=O)c(O)c(C=O)c4O[C@]3(CO)[C@@H]1C2. The maximum Gasteiger partial charge on any atom is 0.157 e. The van der Waals surface area contributed by atoms with Crippen molar-refractivity contribution in [3.05, 3.63) is 16.7 Å². The van der Waals surface area contributed by atoms with Crippen molar-refractivity contribution in [3.63, 3.8) is 0 Å². The van der Waals surface area contributed by atoms with E-state index in [1.165, 1.54) is 0 Å². The van der Waals surface area contributed by atoms with Crippen LogP contribution in [0.25, 0.3) is 0 Å². The summed E-state index contributed by atoms with van der Waals surface area (Å²) >= 11 is 0. The van der Waals surface area contributed by atoms with Gasteiger partial charge in [-0.25, -0.2) is 0 Å². The number of aldehydes is 2. The number of aliphatic hydroxyl groups is 1. The van der Waals surface area contributed by atoms with E-state index in [4.69, 9.17) is 4.74 Å². The van der Waals surface area contributed by atoms with E-state index in [1.807, 2.05) is 0 Å². The zero-order valence-electron chi connectivity index (χ0n) is 14.3. The normalized spacial score (nSPS) is 34.1. The summed E-state index contributed by atoms with van der Waals surface area (Å²) < 4.78 is 6.22. The molecule has 3 N–H and O–H groups in total. The highest BCUT2D eigenvalue weighted by Crippen LogP contribution is 2.67. The number of hydrogen-bond donors (Lipinski definition) is 3. The van der Waals surface area contributed by atoms with Gasteiger partial charge in [-0.2, -0.15) is 0 Å². The third kappa shape index (κ3) is 1.78. The molecule has 4 atom stereocenters. The van der Waals surface area contributed by atoms with Gasteiger partial charge in [0.2, 0.25) is 0 Å². The van der Waals surface area contributed by atoms with Gasteiger partial charge < -0.3 is 20.1 Å². The van der Waals surface area contributed by atoms with Crippen molar-refractivity contribution in [2.24, 2.45) is 23.2 Å². The molecule has 1 heterocycles. The van der Waals surface area contributed by atoms with E-state index in [-0.39, 0.29) is 46.5 Å². The van der Waals surface area contributed by atoms with E-state index in [0.29, 0.717) is 30.5 Å². The number of rotatable bonds is 3. The molecule has 134 valence electrons. The van der Waals surface area contributed by atoms with Crippen LogP contribution in [0.3, 0.4) is 0 Å². The third-order valence-electron chi connectivity index (χ3n) is 7.12. The molecule has 4 aliphatic rings. The van der Waals surface area contributed by atoms with Crippen LogP contribution in [0.5, 0.6) is 17.2 Å². The third-order valence-corrected chi connectivity index (χ3v) is 7.12. The van der Waals surface area contributed by atoms with Gasteiger partial charge in [-0.15, -0.1) is 0 Å². The topological polar surface area (TPSA) is 104 Å². The van der Waals surface area contributed by atoms with E-state index >= 15 is 0 Å². The summed E-state index contributed by atoms with van der Waals surface area (Å²) in [7, 11) is 0. The van der Waals surface area contributed by atoms with Gasteiger partial charge in [0.25, 0.3) is 0 Å². The van der Waals surface area contributed by atoms with Crippen molar-refractivity contribution in [1.82, 2.24) is 0 Å². The van der Waals surface area contributed by atoms with Gasteiger partial charge in [-0.3, -0.25) is 9.59 Å². The lowest BCUT2D eigenvalue weighted by Gasteiger charge is -2.68. The van der Waals surface area contributed by atoms with Crippen LogP contribution in [0.2, 0.25) is 0 Å². The Bertz CT molecular complexity index is 783. The van der Waals surface area contributed by atoms with E-state index in [0.717, 1.165) is 12.8 Å². The Morgan fingerprint density at radius 1 is 1.08 bits per heavy atom. The highest BCUT2D eigenvalue weighted by molar-refractivity contribution is 5.95. The number of phenolic OH excluding ortho intramolecular Hbond substituents is 2. The number of aromatic hydroxyl groups is 2. The fourth-order valence-corrected chi connectivity index (χ4v) is 5.52. The highest BCUT2D eigenvalue weighted by Gasteiger charge is 2.67. The molecule has 5 rings (SSSR count). The molecule has 0 saturated heterocycles. The maximum absolute atomic E-state index is 11.6. The molecule has 6 nitrogen and oxygen atoms in total. The standard InChI is InChI=1S/C19H22O6/c1-18(2)9-3-10-4-11-15(23)12(6-20)16(24)13(7-21)17(11)25-19(10,8-22)14(18)5-9/h6-7,9-10,14,22-24H,3-5,8H2,1-2H3/t9-,10+,14+,19-/m0/s1. The van der Waals surface area contributed by atoms with Gasteiger partial charge in [0.05, 0.1) is 17.7 Å². The lowest BCUT2D eigenvalue weighted by molar-refractivity contribution is -0.239. The highest BCUT2D eigenvalue weighted by atomic mass is 16.5. The largest absolute Gasteiger partial charge is 0.507 e. The Morgan fingerprint density at radius 3 is 2.32 bits per heavy atom. The van der Waals surface area contributed by atoms with Gasteiger partial charge in [0.1, 0.15) is 22.8 Å². The minimum atomic E-state index is -0.829. The van der Waals surface area contributed by atoms with Gasteiger partial charge >= 0.3 is 0 Å². The summed E-state index contributed by atoms with van der Waals surface area (Å²) in [4.78, 5) is 22.8. The van der Waals surface area contributed by atoms with Crippen molar-refractivity contribution < 1.29 is 29.6 Å². The zero-order chi connectivity index (χ0) is 18.1. The van der Waals surface area contributed by atoms with Crippen LogP contribution in [0.1, 0.15) is 53.0 Å². The number of benzene rings is 1. The number of phenols is 2. The summed E-state index contributed by atoms with van der Waals surface area (Å²) in [6.45, 7) is 4.15. The molecule has 1 aromatic carbocycles. The molecule has 0 radical (unpaired) electrons. The Hall–Kier alpha value is -2.08. The first-order valence-electron chi connectivity index (χ1n) is 8.62. The molecule has 25 heavy (non-hydrogen) atoms. The fraction of sp³-hybridized carbons (Fsp3) is 0.579. The quantitative estimate of drug-likeness (QED) is 0.724. The van der Waals surface area contributed by atoms with E-state index < -0.39 is 11.4 Å². The van der Waals surface area contributed by atoms with Crippen molar-refractivity contribution in [1.29, 1.82) is 0 Å². The minimum absolute atomic E-state index is 0.00350. The van der Waals surface area contributed by atoms with Crippen molar-refractivity contribution in [2.75, 3.05) is 6.61 Å². The lowest BCUT2D eigenvalue weighted by Crippen LogP contribution is -2.70. The minimum Gasteiger partial charge on any atom is -0.507 e. The summed E-state index contributed by atoms with van der Waals surface area (Å²) in [5.74, 6) is -0.148. The van der Waals surface area contributed by atoms with Crippen LogP contribution in [0.4, 0.5) is 0 Å². The molecule has 0 spiro atoms. The smallest absolute Gasteiger partial charge is 0.157 e. The van der Waals surface area contributed by atoms with Crippen LogP contribution in [0, 0.1) is 23.2 Å². The number of ether oxygens (including phenoxy) is 1. The second-order valence-corrected chi connectivity index (χ2v) is 8.23. The number of fused-ring (bicyclic) bond motifs is 1. The second kappa shape index (κ2) is 4.97. The maximum atomic E-state index is 11.6. The predicted molar refractivity (Wildman–Crippen MR) is 88.2 cm³/mol. The predicted octanol–water partition coefficient (Wildman–Crippen LogP) is 2.07. The summed E-state index contributed by atoms with van der Waals surface area (Å²) in [6.07, 6.45) is 3.00. The van der Waals surface area contributed by atoms with Gasteiger partial charge in [-0.05, 0) is 30.6 Å². The number of hydrogen-bond acceptors (Lipinski definition) is 6. The fourth-order valence-electron chi connectivity index (χ4n) is 5.52. The average molecular weight is 346 g/mol. The molecule has 0 unspecified atom stereocenters. The van der Waals surface area contributed by atoms with Crippen LogP contribution < -0.4 is 4.74 Å². The first kappa shape index (κ1) is 16.4. The zero-order valence-corrected chi connectivity index (χ0v) is 14.3. The molecule has 0 amide bonds. The van der Waals surface area contributed by atoms with Crippen molar-refractivity contribution in [2.45, 2.75) is 38.7 Å². The molecular weight excluding hydrogens is 324 g/mol. The summed E-state index contributed by atoms with van der Waals surface area (Å²) in [6, 6.07) is 0. The molecular formula is C19H22O6. The monoisotopic (exact) mass is 346 g/mol. The Morgan fingerprint density at radius 2 is 1.76 bits per heavy atom. The molecule has 3 saturated carbocycles. The van der Waals surface area contributed by atoms with E-state index in [2.05, 4.69) is 13.8 Å². The first-order valence-corrected chi connectivity index (χ1v) is 8.62.